The summed E-state index contributed by atoms with van der Waals surface area (Å²) in [4.78, 5) is 48.6. The Morgan fingerprint density at radius 1 is 0.821 bits per heavy atom. The van der Waals surface area contributed by atoms with Gasteiger partial charge in [0.25, 0.3) is 0 Å². The average molecular weight is 380 g/mol. The smallest absolute Gasteiger partial charge is 0.338 e. The van der Waals surface area contributed by atoms with Gasteiger partial charge in [-0.05, 0) is 37.1 Å². The summed E-state index contributed by atoms with van der Waals surface area (Å²) in [6.45, 7) is -0.375. The van der Waals surface area contributed by atoms with Crippen molar-refractivity contribution >= 4 is 23.5 Å². The van der Waals surface area contributed by atoms with Gasteiger partial charge < -0.3 is 9.47 Å². The average Bonchev–Trinajstić information content (AvgIpc) is 2.74. The number of hydrogen-bond acceptors (Lipinski definition) is 6. The molecule has 0 radical (unpaired) electrons. The van der Waals surface area contributed by atoms with Crippen LogP contribution in [0.3, 0.4) is 0 Å². The van der Waals surface area contributed by atoms with E-state index in [1.807, 2.05) is 0 Å². The predicted molar refractivity (Wildman–Crippen MR) is 99.7 cm³/mol. The lowest BCUT2D eigenvalue weighted by molar-refractivity contribution is -0.137. The molecule has 2 atom stereocenters. The molecule has 0 saturated heterocycles. The molecule has 2 aromatic rings. The number of carbonyl (C=O) groups excluding carboxylic acids is 4. The van der Waals surface area contributed by atoms with E-state index in [9.17, 15) is 19.2 Å². The van der Waals surface area contributed by atoms with E-state index >= 15 is 0 Å². The number of Topliss-reactive ketones (excluding diaryl/α,β-unsaturated/α-hetero) is 2. The third kappa shape index (κ3) is 4.91. The van der Waals surface area contributed by atoms with Crippen LogP contribution in [0.4, 0.5) is 0 Å². The fourth-order valence-electron chi connectivity index (χ4n) is 3.07. The predicted octanol–water partition coefficient (Wildman–Crippen LogP) is 3.01. The molecule has 0 bridgehead atoms. The lowest BCUT2D eigenvalue weighted by Gasteiger charge is -2.26. The number of rotatable bonds is 6. The Hall–Kier alpha value is -3.28. The molecular formula is C22H20O6. The molecule has 1 aliphatic rings. The third-order valence-corrected chi connectivity index (χ3v) is 4.65. The van der Waals surface area contributed by atoms with Crippen LogP contribution in [-0.4, -0.2) is 36.2 Å². The highest BCUT2D eigenvalue weighted by Crippen LogP contribution is 2.25. The van der Waals surface area contributed by atoms with E-state index in [2.05, 4.69) is 0 Å². The minimum absolute atomic E-state index is 0.0194. The van der Waals surface area contributed by atoms with Gasteiger partial charge in [0.1, 0.15) is 0 Å². The molecule has 0 spiro atoms. The number of ether oxygens (including phenoxy) is 2. The van der Waals surface area contributed by atoms with Gasteiger partial charge in [-0.3, -0.25) is 9.59 Å². The van der Waals surface area contributed by atoms with Gasteiger partial charge in [0.05, 0.1) is 11.1 Å². The zero-order valence-electron chi connectivity index (χ0n) is 15.2. The van der Waals surface area contributed by atoms with Crippen LogP contribution in [0.15, 0.2) is 60.7 Å². The first-order valence-electron chi connectivity index (χ1n) is 9.08. The first-order chi connectivity index (χ1) is 13.5. The summed E-state index contributed by atoms with van der Waals surface area (Å²) >= 11 is 0. The maximum absolute atomic E-state index is 12.3. The van der Waals surface area contributed by atoms with Crippen molar-refractivity contribution < 1.29 is 28.7 Å². The van der Waals surface area contributed by atoms with Gasteiger partial charge in [-0.1, -0.05) is 36.4 Å². The topological polar surface area (TPSA) is 86.7 Å². The minimum atomic E-state index is -0.844. The van der Waals surface area contributed by atoms with Gasteiger partial charge in [-0.2, -0.15) is 0 Å². The molecule has 1 aliphatic carbocycles. The highest BCUT2D eigenvalue weighted by atomic mass is 16.5. The Bertz CT molecular complexity index is 857. The van der Waals surface area contributed by atoms with Gasteiger partial charge in [0.2, 0.25) is 0 Å². The number of carbonyl (C=O) groups is 4. The monoisotopic (exact) mass is 380 g/mol. The van der Waals surface area contributed by atoms with Gasteiger partial charge in [0.15, 0.2) is 24.3 Å². The molecule has 28 heavy (non-hydrogen) atoms. The van der Waals surface area contributed by atoms with Crippen LogP contribution in [-0.2, 0) is 19.1 Å². The Morgan fingerprint density at radius 3 is 1.96 bits per heavy atom. The highest BCUT2D eigenvalue weighted by Gasteiger charge is 2.35. The van der Waals surface area contributed by atoms with E-state index in [0.29, 0.717) is 17.5 Å². The van der Waals surface area contributed by atoms with Crippen molar-refractivity contribution in [3.8, 4) is 0 Å². The summed E-state index contributed by atoms with van der Waals surface area (Å²) in [7, 11) is 0. The molecule has 2 aromatic carbocycles. The highest BCUT2D eigenvalue weighted by molar-refractivity contribution is 5.96. The van der Waals surface area contributed by atoms with E-state index in [1.54, 1.807) is 60.7 Å². The van der Waals surface area contributed by atoms with E-state index in [0.717, 1.165) is 0 Å². The maximum Gasteiger partial charge on any atom is 0.338 e. The summed E-state index contributed by atoms with van der Waals surface area (Å²) in [6.07, 6.45) is -0.182. The number of benzene rings is 2. The molecule has 2 unspecified atom stereocenters. The second-order valence-corrected chi connectivity index (χ2v) is 6.61. The number of esters is 2. The van der Waals surface area contributed by atoms with Crippen molar-refractivity contribution in [3.63, 3.8) is 0 Å². The van der Waals surface area contributed by atoms with Crippen LogP contribution >= 0.6 is 0 Å². The van der Waals surface area contributed by atoms with Crippen molar-refractivity contribution in [3.05, 3.63) is 71.8 Å². The van der Waals surface area contributed by atoms with E-state index < -0.39 is 24.0 Å². The fourth-order valence-corrected chi connectivity index (χ4v) is 3.07. The van der Waals surface area contributed by atoms with Crippen molar-refractivity contribution in [1.82, 2.24) is 0 Å². The molecule has 0 aromatic heterocycles. The zero-order chi connectivity index (χ0) is 19.9. The summed E-state index contributed by atoms with van der Waals surface area (Å²) in [5, 5.41) is 0. The van der Waals surface area contributed by atoms with E-state index in [4.69, 9.17) is 9.47 Å². The molecule has 0 heterocycles. The van der Waals surface area contributed by atoms with Crippen LogP contribution in [0, 0.1) is 5.92 Å². The zero-order valence-corrected chi connectivity index (χ0v) is 15.2. The van der Waals surface area contributed by atoms with Crippen LogP contribution < -0.4 is 0 Å². The molecule has 1 saturated carbocycles. The second-order valence-electron chi connectivity index (χ2n) is 6.61. The molecule has 6 nitrogen and oxygen atoms in total. The summed E-state index contributed by atoms with van der Waals surface area (Å²) in [6, 6.07) is 16.8. The molecule has 0 amide bonds. The Labute approximate surface area is 162 Å². The van der Waals surface area contributed by atoms with Gasteiger partial charge >= 0.3 is 11.9 Å². The normalized spacial score (nSPS) is 18.9. The van der Waals surface area contributed by atoms with Crippen molar-refractivity contribution in [2.75, 3.05) is 6.61 Å². The number of ketones is 2. The van der Waals surface area contributed by atoms with Crippen LogP contribution in [0.25, 0.3) is 0 Å². The molecule has 0 N–H and O–H groups in total. The molecule has 3 rings (SSSR count). The van der Waals surface area contributed by atoms with E-state index in [1.165, 1.54) is 0 Å². The van der Waals surface area contributed by atoms with Crippen molar-refractivity contribution in [1.29, 1.82) is 0 Å². The van der Waals surface area contributed by atoms with Gasteiger partial charge in [-0.25, -0.2) is 9.59 Å². The quantitative estimate of drug-likeness (QED) is 0.716. The maximum atomic E-state index is 12.3. The Kier molecular flexibility index (Phi) is 6.32. The molecule has 1 fully saturated rings. The molecule has 6 heteroatoms. The molecule has 0 aliphatic heterocycles. The Morgan fingerprint density at radius 2 is 1.39 bits per heavy atom. The van der Waals surface area contributed by atoms with Gasteiger partial charge in [-0.15, -0.1) is 0 Å². The van der Waals surface area contributed by atoms with Gasteiger partial charge in [0, 0.05) is 12.3 Å². The van der Waals surface area contributed by atoms with Crippen molar-refractivity contribution in [2.45, 2.75) is 25.4 Å². The standard InChI is InChI=1S/C22H20O6/c23-18-13-17(19(24)14-27-21(25)15-7-3-1-4-8-15)11-12-20(18)28-22(26)16-9-5-2-6-10-16/h1-10,17,20H,11-14H2. The van der Waals surface area contributed by atoms with Crippen LogP contribution in [0.5, 0.6) is 0 Å². The summed E-state index contributed by atoms with van der Waals surface area (Å²) in [5.41, 5.74) is 0.740. The number of hydrogen-bond donors (Lipinski definition) is 0. The molecule has 144 valence electrons. The molecular weight excluding hydrogens is 360 g/mol. The van der Waals surface area contributed by atoms with E-state index in [-0.39, 0.29) is 31.0 Å². The third-order valence-electron chi connectivity index (χ3n) is 4.65. The lowest BCUT2D eigenvalue weighted by atomic mass is 9.84. The van der Waals surface area contributed by atoms with Crippen LogP contribution in [0.2, 0.25) is 0 Å². The Balaban J connectivity index is 1.48. The minimum Gasteiger partial charge on any atom is -0.454 e. The summed E-state index contributed by atoms with van der Waals surface area (Å²) < 4.78 is 10.3. The van der Waals surface area contributed by atoms with Crippen LogP contribution in [0.1, 0.15) is 40.0 Å². The second kappa shape index (κ2) is 9.08. The first kappa shape index (κ1) is 19.5. The summed E-state index contributed by atoms with van der Waals surface area (Å²) in [5.74, 6) is -2.25. The lowest BCUT2D eigenvalue weighted by Crippen LogP contribution is -2.37. The van der Waals surface area contributed by atoms with Crippen molar-refractivity contribution in [2.24, 2.45) is 5.92 Å². The largest absolute Gasteiger partial charge is 0.454 e. The SMILES string of the molecule is O=C(OCC(=O)C1CCC(OC(=O)c2ccccc2)C(=O)C1)c1ccccc1. The first-order valence-corrected chi connectivity index (χ1v) is 9.08. The fraction of sp³-hybridized carbons (Fsp3) is 0.273.